The molecule has 1 aliphatic rings. The third-order valence-corrected chi connectivity index (χ3v) is 5.56. The Morgan fingerprint density at radius 2 is 1.81 bits per heavy atom. The van der Waals surface area contributed by atoms with Gasteiger partial charge < -0.3 is 9.30 Å². The fraction of sp³-hybridized carbons (Fsp3) is 0.333. The van der Waals surface area contributed by atoms with Gasteiger partial charge in [-0.05, 0) is 61.0 Å². The topological polar surface area (TPSA) is 35.2 Å². The maximum Gasteiger partial charge on any atom is 0.199 e. The van der Waals surface area contributed by atoms with Crippen molar-refractivity contribution >= 4 is 12.2 Å². The van der Waals surface area contributed by atoms with Crippen LogP contribution in [0, 0.1) is 4.77 Å². The third-order valence-electron chi connectivity index (χ3n) is 5.13. The molecule has 5 nitrogen and oxygen atoms in total. The fourth-order valence-corrected chi connectivity index (χ4v) is 3.95. The van der Waals surface area contributed by atoms with Gasteiger partial charge in [0.1, 0.15) is 5.75 Å². The van der Waals surface area contributed by atoms with E-state index in [1.807, 2.05) is 28.9 Å². The van der Waals surface area contributed by atoms with Crippen molar-refractivity contribution in [1.82, 2.24) is 19.2 Å². The molecule has 0 fully saturated rings. The molecular weight excluding hydrogens is 356 g/mol. The highest BCUT2D eigenvalue weighted by molar-refractivity contribution is 7.71. The summed E-state index contributed by atoms with van der Waals surface area (Å²) in [6.45, 7) is 5.57. The van der Waals surface area contributed by atoms with Gasteiger partial charge >= 0.3 is 0 Å². The SMILES string of the molecule is CCn1c(-c2ccc(OC)cc2)nn(CN2CCc3ccccc3C2)c1=S. The summed E-state index contributed by atoms with van der Waals surface area (Å²) in [6, 6.07) is 16.7. The molecule has 4 rings (SSSR count). The number of hydrogen-bond acceptors (Lipinski definition) is 4. The van der Waals surface area contributed by atoms with Crippen molar-refractivity contribution in [2.45, 2.75) is 33.1 Å². The van der Waals surface area contributed by atoms with Crippen LogP contribution in [0.2, 0.25) is 0 Å². The van der Waals surface area contributed by atoms with Gasteiger partial charge in [-0.25, -0.2) is 4.68 Å². The van der Waals surface area contributed by atoms with Gasteiger partial charge in [0, 0.05) is 25.2 Å². The Morgan fingerprint density at radius 1 is 1.07 bits per heavy atom. The number of benzene rings is 2. The summed E-state index contributed by atoms with van der Waals surface area (Å²) in [6.07, 6.45) is 1.07. The molecule has 27 heavy (non-hydrogen) atoms. The van der Waals surface area contributed by atoms with Crippen molar-refractivity contribution in [1.29, 1.82) is 0 Å². The van der Waals surface area contributed by atoms with E-state index in [4.69, 9.17) is 22.1 Å². The van der Waals surface area contributed by atoms with E-state index in [1.165, 1.54) is 11.1 Å². The van der Waals surface area contributed by atoms with Crippen molar-refractivity contribution in [2.24, 2.45) is 0 Å². The number of hydrogen-bond donors (Lipinski definition) is 0. The smallest absolute Gasteiger partial charge is 0.199 e. The largest absolute Gasteiger partial charge is 0.497 e. The lowest BCUT2D eigenvalue weighted by molar-refractivity contribution is 0.188. The fourth-order valence-electron chi connectivity index (χ4n) is 3.64. The zero-order valence-corrected chi connectivity index (χ0v) is 16.6. The molecule has 0 saturated heterocycles. The van der Waals surface area contributed by atoms with Crippen LogP contribution in [-0.4, -0.2) is 32.9 Å². The molecule has 2 heterocycles. The molecular formula is C21H24N4OS. The first kappa shape index (κ1) is 17.9. The lowest BCUT2D eigenvalue weighted by Crippen LogP contribution is -2.32. The molecule has 0 amide bonds. The van der Waals surface area contributed by atoms with Crippen molar-refractivity contribution in [3.05, 3.63) is 64.4 Å². The van der Waals surface area contributed by atoms with Gasteiger partial charge in [-0.2, -0.15) is 5.10 Å². The Hall–Kier alpha value is -2.44. The van der Waals surface area contributed by atoms with Crippen LogP contribution in [0.3, 0.4) is 0 Å². The Morgan fingerprint density at radius 3 is 2.52 bits per heavy atom. The summed E-state index contributed by atoms with van der Waals surface area (Å²) in [5, 5.41) is 4.85. The zero-order valence-electron chi connectivity index (χ0n) is 15.8. The van der Waals surface area contributed by atoms with E-state index in [1.54, 1.807) is 7.11 Å². The molecule has 0 saturated carbocycles. The number of ether oxygens (including phenoxy) is 1. The maximum absolute atomic E-state index is 5.72. The van der Waals surface area contributed by atoms with Crippen molar-refractivity contribution in [2.75, 3.05) is 13.7 Å². The molecule has 6 heteroatoms. The molecule has 3 aromatic rings. The Labute approximate surface area is 164 Å². The van der Waals surface area contributed by atoms with Gasteiger partial charge in [-0.3, -0.25) is 4.90 Å². The van der Waals surface area contributed by atoms with Crippen LogP contribution in [0.4, 0.5) is 0 Å². The standard InChI is InChI=1S/C21H24N4OS/c1-3-24-20(17-8-10-19(26-2)11-9-17)22-25(21(24)27)15-23-13-12-16-6-4-5-7-18(16)14-23/h4-11H,3,12-15H2,1-2H3. The van der Waals surface area contributed by atoms with Gasteiger partial charge in [0.15, 0.2) is 10.6 Å². The van der Waals surface area contributed by atoms with Gasteiger partial charge in [0.05, 0.1) is 13.8 Å². The van der Waals surface area contributed by atoms with Crippen LogP contribution in [0.15, 0.2) is 48.5 Å². The van der Waals surface area contributed by atoms with Gasteiger partial charge in [-0.1, -0.05) is 24.3 Å². The van der Waals surface area contributed by atoms with Crippen LogP contribution >= 0.6 is 12.2 Å². The van der Waals surface area contributed by atoms with Gasteiger partial charge in [-0.15, -0.1) is 0 Å². The normalized spacial score (nSPS) is 14.1. The molecule has 1 aromatic heterocycles. The molecule has 0 bridgehead atoms. The lowest BCUT2D eigenvalue weighted by atomic mass is 10.0. The number of methoxy groups -OCH3 is 1. The van der Waals surface area contributed by atoms with Crippen LogP contribution in [0.5, 0.6) is 5.75 Å². The van der Waals surface area contributed by atoms with Crippen LogP contribution in [0.1, 0.15) is 18.1 Å². The highest BCUT2D eigenvalue weighted by atomic mass is 32.1. The first-order chi connectivity index (χ1) is 13.2. The average Bonchev–Trinajstić information content (AvgIpc) is 3.03. The van der Waals surface area contributed by atoms with Gasteiger partial charge in [0.2, 0.25) is 0 Å². The summed E-state index contributed by atoms with van der Waals surface area (Å²) in [4.78, 5) is 2.41. The van der Waals surface area contributed by atoms with E-state index in [-0.39, 0.29) is 0 Å². The predicted molar refractivity (Wildman–Crippen MR) is 109 cm³/mol. The molecule has 0 aliphatic carbocycles. The zero-order chi connectivity index (χ0) is 18.8. The van der Waals surface area contributed by atoms with E-state index < -0.39 is 0 Å². The third kappa shape index (κ3) is 3.55. The molecule has 1 aliphatic heterocycles. The van der Waals surface area contributed by atoms with E-state index in [2.05, 4.69) is 40.7 Å². The van der Waals surface area contributed by atoms with E-state index >= 15 is 0 Å². The van der Waals surface area contributed by atoms with E-state index in [0.717, 1.165) is 48.0 Å². The molecule has 0 atom stereocenters. The quantitative estimate of drug-likeness (QED) is 0.624. The predicted octanol–water partition coefficient (Wildman–Crippen LogP) is 4.13. The first-order valence-electron chi connectivity index (χ1n) is 9.30. The number of fused-ring (bicyclic) bond motifs is 1. The first-order valence-corrected chi connectivity index (χ1v) is 9.71. The van der Waals surface area contributed by atoms with E-state index in [9.17, 15) is 0 Å². The monoisotopic (exact) mass is 380 g/mol. The molecule has 2 aromatic carbocycles. The minimum Gasteiger partial charge on any atom is -0.497 e. The van der Waals surface area contributed by atoms with E-state index in [0.29, 0.717) is 6.67 Å². The summed E-state index contributed by atoms with van der Waals surface area (Å²) in [5.41, 5.74) is 3.91. The Balaban J connectivity index is 1.60. The molecule has 0 N–H and O–H groups in total. The second kappa shape index (κ2) is 7.66. The second-order valence-electron chi connectivity index (χ2n) is 6.79. The average molecular weight is 381 g/mol. The minimum absolute atomic E-state index is 0.712. The minimum atomic E-state index is 0.712. The van der Waals surface area contributed by atoms with Crippen LogP contribution in [-0.2, 0) is 26.2 Å². The molecule has 0 unspecified atom stereocenters. The number of rotatable bonds is 5. The number of nitrogens with zero attached hydrogens (tertiary/aromatic N) is 4. The summed E-state index contributed by atoms with van der Waals surface area (Å²) < 4.78 is 10.1. The highest BCUT2D eigenvalue weighted by Gasteiger charge is 2.18. The molecule has 0 radical (unpaired) electrons. The lowest BCUT2D eigenvalue weighted by Gasteiger charge is -2.28. The molecule has 0 spiro atoms. The van der Waals surface area contributed by atoms with Crippen LogP contribution in [0.25, 0.3) is 11.4 Å². The molecule has 140 valence electrons. The van der Waals surface area contributed by atoms with Crippen molar-refractivity contribution in [3.8, 4) is 17.1 Å². The second-order valence-corrected chi connectivity index (χ2v) is 7.16. The Bertz CT molecular complexity index is 990. The van der Waals surface area contributed by atoms with Gasteiger partial charge in [0.25, 0.3) is 0 Å². The summed E-state index contributed by atoms with van der Waals surface area (Å²) in [7, 11) is 1.67. The maximum atomic E-state index is 5.72. The number of aromatic nitrogens is 3. The van der Waals surface area contributed by atoms with Crippen molar-refractivity contribution in [3.63, 3.8) is 0 Å². The van der Waals surface area contributed by atoms with Crippen molar-refractivity contribution < 1.29 is 4.74 Å². The Kier molecular flexibility index (Phi) is 5.09. The highest BCUT2D eigenvalue weighted by Crippen LogP contribution is 2.23. The summed E-state index contributed by atoms with van der Waals surface area (Å²) in [5.74, 6) is 1.74. The summed E-state index contributed by atoms with van der Waals surface area (Å²) >= 11 is 5.72. The van der Waals surface area contributed by atoms with Crippen LogP contribution < -0.4 is 4.74 Å².